The monoisotopic (exact) mass is 259 g/mol. The smallest absolute Gasteiger partial charge is 0.0841 e. The number of nitrogens with one attached hydrogen (secondary N) is 1. The van der Waals surface area contributed by atoms with Gasteiger partial charge in [-0.2, -0.15) is 5.10 Å². The number of fused-ring (bicyclic) bond motifs is 1. The molecular weight excluding hydrogens is 238 g/mol. The standard InChI is InChI=1S/C15H21N3O/c1-3-18-15-7-5-4-6-12(15)14(17-18)10-16-13-8-9-19-11(13)2/h4-7,11,13,16H,3,8-10H2,1-2H3. The zero-order valence-electron chi connectivity index (χ0n) is 11.6. The number of aryl methyl sites for hydroxylation is 1. The lowest BCUT2D eigenvalue weighted by Gasteiger charge is -2.15. The lowest BCUT2D eigenvalue weighted by Crippen LogP contribution is -2.34. The van der Waals surface area contributed by atoms with Crippen molar-refractivity contribution < 1.29 is 4.74 Å². The summed E-state index contributed by atoms with van der Waals surface area (Å²) in [5.74, 6) is 0. The molecule has 0 bridgehead atoms. The number of hydrogen-bond donors (Lipinski definition) is 1. The zero-order valence-corrected chi connectivity index (χ0v) is 11.6. The van der Waals surface area contributed by atoms with E-state index in [0.29, 0.717) is 12.1 Å². The molecule has 1 aromatic carbocycles. The molecule has 0 amide bonds. The minimum atomic E-state index is 0.305. The van der Waals surface area contributed by atoms with Crippen molar-refractivity contribution in [3.63, 3.8) is 0 Å². The number of hydrogen-bond acceptors (Lipinski definition) is 3. The van der Waals surface area contributed by atoms with Gasteiger partial charge in [0.1, 0.15) is 0 Å². The molecule has 2 aromatic rings. The molecule has 1 fully saturated rings. The van der Waals surface area contributed by atoms with Gasteiger partial charge >= 0.3 is 0 Å². The largest absolute Gasteiger partial charge is 0.377 e. The fourth-order valence-corrected chi connectivity index (χ4v) is 2.80. The zero-order chi connectivity index (χ0) is 13.2. The molecular formula is C15H21N3O. The summed E-state index contributed by atoms with van der Waals surface area (Å²) in [5, 5.41) is 9.54. The van der Waals surface area contributed by atoms with Gasteiger partial charge in [0.15, 0.2) is 0 Å². The van der Waals surface area contributed by atoms with Gasteiger partial charge in [-0.1, -0.05) is 18.2 Å². The van der Waals surface area contributed by atoms with Gasteiger partial charge in [0.25, 0.3) is 0 Å². The molecule has 1 aliphatic rings. The quantitative estimate of drug-likeness (QED) is 0.916. The van der Waals surface area contributed by atoms with Gasteiger partial charge in [0.2, 0.25) is 0 Å². The van der Waals surface area contributed by atoms with Gasteiger partial charge in [-0.3, -0.25) is 4.68 Å². The van der Waals surface area contributed by atoms with Gasteiger partial charge in [-0.25, -0.2) is 0 Å². The van der Waals surface area contributed by atoms with Crippen molar-refractivity contribution in [3.05, 3.63) is 30.0 Å². The first-order valence-electron chi connectivity index (χ1n) is 7.09. The highest BCUT2D eigenvalue weighted by Gasteiger charge is 2.23. The topological polar surface area (TPSA) is 39.1 Å². The van der Waals surface area contributed by atoms with Crippen LogP contribution in [-0.4, -0.2) is 28.5 Å². The fourth-order valence-electron chi connectivity index (χ4n) is 2.80. The van der Waals surface area contributed by atoms with E-state index in [4.69, 9.17) is 9.84 Å². The Kier molecular flexibility index (Phi) is 3.53. The minimum absolute atomic E-state index is 0.305. The van der Waals surface area contributed by atoms with Crippen molar-refractivity contribution >= 4 is 10.9 Å². The normalized spacial score (nSPS) is 23.3. The average Bonchev–Trinajstić information content (AvgIpc) is 3.00. The van der Waals surface area contributed by atoms with Gasteiger partial charge in [0, 0.05) is 31.1 Å². The van der Waals surface area contributed by atoms with Gasteiger partial charge in [-0.15, -0.1) is 0 Å². The first kappa shape index (κ1) is 12.6. The van der Waals surface area contributed by atoms with Gasteiger partial charge in [0.05, 0.1) is 17.3 Å². The van der Waals surface area contributed by atoms with Crippen molar-refractivity contribution in [1.82, 2.24) is 15.1 Å². The summed E-state index contributed by atoms with van der Waals surface area (Å²) in [7, 11) is 0. The predicted octanol–water partition coefficient (Wildman–Crippen LogP) is 2.32. The van der Waals surface area contributed by atoms with Crippen LogP contribution in [0.4, 0.5) is 0 Å². The molecule has 1 saturated heterocycles. The van der Waals surface area contributed by atoms with Crippen LogP contribution in [-0.2, 0) is 17.8 Å². The highest BCUT2D eigenvalue weighted by Crippen LogP contribution is 2.19. The summed E-state index contributed by atoms with van der Waals surface area (Å²) in [5.41, 5.74) is 2.36. The molecule has 2 unspecified atom stereocenters. The molecule has 2 atom stereocenters. The van der Waals surface area contributed by atoms with Gasteiger partial charge in [-0.05, 0) is 26.3 Å². The Balaban J connectivity index is 1.80. The molecule has 0 aliphatic carbocycles. The fraction of sp³-hybridized carbons (Fsp3) is 0.533. The van der Waals surface area contributed by atoms with Gasteiger partial charge < -0.3 is 10.1 Å². The molecule has 2 heterocycles. The second kappa shape index (κ2) is 5.31. The van der Waals surface area contributed by atoms with Crippen molar-refractivity contribution in [2.75, 3.05) is 6.61 Å². The van der Waals surface area contributed by atoms with E-state index >= 15 is 0 Å². The van der Waals surface area contributed by atoms with Crippen molar-refractivity contribution in [2.45, 2.75) is 45.5 Å². The Morgan fingerprint density at radius 1 is 1.42 bits per heavy atom. The van der Waals surface area contributed by atoms with Crippen LogP contribution in [0.15, 0.2) is 24.3 Å². The van der Waals surface area contributed by atoms with E-state index in [9.17, 15) is 0 Å². The van der Waals surface area contributed by atoms with Crippen molar-refractivity contribution in [2.24, 2.45) is 0 Å². The van der Waals surface area contributed by atoms with E-state index in [1.807, 2.05) is 0 Å². The molecule has 4 heteroatoms. The lowest BCUT2D eigenvalue weighted by molar-refractivity contribution is 0.113. The third kappa shape index (κ3) is 2.38. The first-order chi connectivity index (χ1) is 9.29. The van der Waals surface area contributed by atoms with Crippen LogP contribution in [0, 0.1) is 0 Å². The summed E-state index contributed by atoms with van der Waals surface area (Å²) < 4.78 is 7.65. The van der Waals surface area contributed by atoms with Crippen LogP contribution in [0.1, 0.15) is 26.0 Å². The van der Waals surface area contributed by atoms with Crippen LogP contribution in [0.5, 0.6) is 0 Å². The number of benzene rings is 1. The molecule has 3 rings (SSSR count). The molecule has 0 saturated carbocycles. The van der Waals surface area contributed by atoms with Crippen LogP contribution in [0.25, 0.3) is 10.9 Å². The van der Waals surface area contributed by atoms with Crippen molar-refractivity contribution in [3.8, 4) is 0 Å². The first-order valence-corrected chi connectivity index (χ1v) is 7.09. The van der Waals surface area contributed by atoms with E-state index in [-0.39, 0.29) is 0 Å². The third-order valence-electron chi connectivity index (χ3n) is 3.94. The average molecular weight is 259 g/mol. The Bertz CT molecular complexity index is 564. The highest BCUT2D eigenvalue weighted by atomic mass is 16.5. The van der Waals surface area contributed by atoms with E-state index in [0.717, 1.165) is 31.8 Å². The van der Waals surface area contributed by atoms with E-state index in [1.165, 1.54) is 10.9 Å². The molecule has 102 valence electrons. The van der Waals surface area contributed by atoms with Crippen LogP contribution in [0.2, 0.25) is 0 Å². The summed E-state index contributed by atoms with van der Waals surface area (Å²) in [6, 6.07) is 8.89. The highest BCUT2D eigenvalue weighted by molar-refractivity contribution is 5.81. The Morgan fingerprint density at radius 2 is 2.26 bits per heavy atom. The Hall–Kier alpha value is -1.39. The minimum Gasteiger partial charge on any atom is -0.377 e. The lowest BCUT2D eigenvalue weighted by atomic mass is 10.1. The molecule has 1 aromatic heterocycles. The third-order valence-corrected chi connectivity index (χ3v) is 3.94. The summed E-state index contributed by atoms with van der Waals surface area (Å²) in [6.45, 7) is 6.84. The molecule has 19 heavy (non-hydrogen) atoms. The Labute approximate surface area is 113 Å². The Morgan fingerprint density at radius 3 is 3.00 bits per heavy atom. The molecule has 0 spiro atoms. The maximum atomic E-state index is 5.58. The van der Waals surface area contributed by atoms with E-state index in [1.54, 1.807) is 0 Å². The SMILES string of the molecule is CCn1nc(CNC2CCOC2C)c2ccccc21. The second-order valence-electron chi connectivity index (χ2n) is 5.13. The second-order valence-corrected chi connectivity index (χ2v) is 5.13. The number of aromatic nitrogens is 2. The maximum absolute atomic E-state index is 5.58. The molecule has 1 N–H and O–H groups in total. The van der Waals surface area contributed by atoms with E-state index < -0.39 is 0 Å². The predicted molar refractivity (Wildman–Crippen MR) is 76.1 cm³/mol. The van der Waals surface area contributed by atoms with Crippen LogP contribution in [0.3, 0.4) is 0 Å². The number of rotatable bonds is 4. The van der Waals surface area contributed by atoms with E-state index in [2.05, 4.69) is 48.1 Å². The maximum Gasteiger partial charge on any atom is 0.0841 e. The summed E-state index contributed by atoms with van der Waals surface area (Å²) in [6.07, 6.45) is 1.40. The number of nitrogens with zero attached hydrogens (tertiary/aromatic N) is 2. The number of ether oxygens (including phenoxy) is 1. The summed E-state index contributed by atoms with van der Waals surface area (Å²) in [4.78, 5) is 0. The molecule has 4 nitrogen and oxygen atoms in total. The number of para-hydroxylation sites is 1. The molecule has 1 aliphatic heterocycles. The molecule has 0 radical (unpaired) electrons. The van der Waals surface area contributed by atoms with Crippen molar-refractivity contribution in [1.29, 1.82) is 0 Å². The van der Waals surface area contributed by atoms with Crippen LogP contribution < -0.4 is 5.32 Å². The van der Waals surface area contributed by atoms with Crippen LogP contribution >= 0.6 is 0 Å². The summed E-state index contributed by atoms with van der Waals surface area (Å²) >= 11 is 0.